The zero-order valence-electron chi connectivity index (χ0n) is 13.5. The number of rotatable bonds is 3. The summed E-state index contributed by atoms with van der Waals surface area (Å²) in [5.41, 5.74) is 0.929. The van der Waals surface area contributed by atoms with E-state index in [2.05, 4.69) is 21.0 Å². The second-order valence-electron chi connectivity index (χ2n) is 6.60. The molecule has 0 N–H and O–H groups in total. The van der Waals surface area contributed by atoms with Gasteiger partial charge >= 0.3 is 0 Å². The number of hydrogen-bond donors (Lipinski definition) is 0. The van der Waals surface area contributed by atoms with E-state index in [0.29, 0.717) is 21.9 Å². The fourth-order valence-electron chi connectivity index (χ4n) is 3.79. The molecule has 7 heteroatoms. The number of carbonyl (C=O) groups excluding carboxylic acids is 2. The van der Waals surface area contributed by atoms with Crippen LogP contribution in [0.1, 0.15) is 31.2 Å². The van der Waals surface area contributed by atoms with Gasteiger partial charge in [-0.25, -0.2) is 4.90 Å². The van der Waals surface area contributed by atoms with Crippen LogP contribution in [0.15, 0.2) is 34.9 Å². The summed E-state index contributed by atoms with van der Waals surface area (Å²) in [5.74, 6) is -0.197. The Bertz CT molecular complexity index is 827. The number of imide groups is 1. The number of benzene rings is 1. The highest BCUT2D eigenvalue weighted by molar-refractivity contribution is 9.10. The normalized spacial score (nSPS) is 23.2. The van der Waals surface area contributed by atoms with Crippen molar-refractivity contribution in [1.29, 1.82) is 0 Å². The van der Waals surface area contributed by atoms with Gasteiger partial charge in [0.15, 0.2) is 5.82 Å². The molecule has 0 radical (unpaired) electrons. The Balaban J connectivity index is 1.63. The van der Waals surface area contributed by atoms with Crippen molar-refractivity contribution in [1.82, 2.24) is 9.78 Å². The Morgan fingerprint density at radius 2 is 1.76 bits per heavy atom. The van der Waals surface area contributed by atoms with E-state index in [1.807, 2.05) is 24.3 Å². The van der Waals surface area contributed by atoms with Crippen molar-refractivity contribution >= 4 is 45.2 Å². The van der Waals surface area contributed by atoms with Crippen LogP contribution in [0.25, 0.3) is 0 Å². The first-order valence-corrected chi connectivity index (χ1v) is 9.57. The van der Waals surface area contributed by atoms with Crippen molar-refractivity contribution in [3.05, 3.63) is 45.5 Å². The van der Waals surface area contributed by atoms with Gasteiger partial charge in [-0.05, 0) is 40.4 Å². The summed E-state index contributed by atoms with van der Waals surface area (Å²) >= 11 is 9.66. The molecule has 130 valence electrons. The van der Waals surface area contributed by atoms with E-state index >= 15 is 0 Å². The van der Waals surface area contributed by atoms with Crippen LogP contribution in [0, 0.1) is 11.8 Å². The summed E-state index contributed by atoms with van der Waals surface area (Å²) in [6, 6.07) is 7.55. The molecule has 2 atom stereocenters. The number of halogens is 2. The van der Waals surface area contributed by atoms with E-state index in [0.717, 1.165) is 31.2 Å². The Hall–Kier alpha value is -1.66. The van der Waals surface area contributed by atoms with Gasteiger partial charge in [0.05, 0.1) is 22.9 Å². The lowest BCUT2D eigenvalue weighted by molar-refractivity contribution is -0.122. The molecular formula is C18H17BrClN3O2. The summed E-state index contributed by atoms with van der Waals surface area (Å²) in [4.78, 5) is 26.7. The number of anilines is 1. The molecule has 4 rings (SSSR count). The number of hydrogen-bond acceptors (Lipinski definition) is 3. The highest BCUT2D eigenvalue weighted by atomic mass is 79.9. The van der Waals surface area contributed by atoms with Crippen LogP contribution in [-0.4, -0.2) is 21.6 Å². The molecule has 2 fully saturated rings. The van der Waals surface area contributed by atoms with Crippen LogP contribution in [0.4, 0.5) is 5.82 Å². The molecule has 1 saturated carbocycles. The molecule has 5 nitrogen and oxygen atoms in total. The molecule has 1 aliphatic heterocycles. The van der Waals surface area contributed by atoms with E-state index in [9.17, 15) is 9.59 Å². The summed E-state index contributed by atoms with van der Waals surface area (Å²) < 4.78 is 2.34. The summed E-state index contributed by atoms with van der Waals surface area (Å²) in [6.07, 6.45) is 5.39. The minimum atomic E-state index is -0.179. The van der Waals surface area contributed by atoms with E-state index in [-0.39, 0.29) is 23.7 Å². The van der Waals surface area contributed by atoms with Gasteiger partial charge in [0, 0.05) is 11.2 Å². The smallest absolute Gasteiger partial charge is 0.238 e. The van der Waals surface area contributed by atoms with E-state index < -0.39 is 0 Å². The lowest BCUT2D eigenvalue weighted by Crippen LogP contribution is -2.31. The second kappa shape index (κ2) is 6.57. The molecule has 0 unspecified atom stereocenters. The average molecular weight is 423 g/mol. The minimum Gasteiger partial charge on any atom is -0.274 e. The van der Waals surface area contributed by atoms with Crippen LogP contribution in [0.5, 0.6) is 0 Å². The molecule has 1 aliphatic carbocycles. The predicted octanol–water partition coefficient (Wildman–Crippen LogP) is 4.03. The third kappa shape index (κ3) is 2.91. The molecule has 0 spiro atoms. The van der Waals surface area contributed by atoms with Crippen molar-refractivity contribution in [2.24, 2.45) is 11.8 Å². The molecule has 2 aromatic rings. The predicted molar refractivity (Wildman–Crippen MR) is 98.4 cm³/mol. The van der Waals surface area contributed by atoms with Crippen LogP contribution >= 0.6 is 27.5 Å². The molecule has 0 bridgehead atoms. The molecular weight excluding hydrogens is 406 g/mol. The number of nitrogens with zero attached hydrogens (tertiary/aromatic N) is 3. The van der Waals surface area contributed by atoms with Gasteiger partial charge in [-0.2, -0.15) is 5.10 Å². The van der Waals surface area contributed by atoms with E-state index in [1.165, 1.54) is 4.90 Å². The highest BCUT2D eigenvalue weighted by Crippen LogP contribution is 2.41. The lowest BCUT2D eigenvalue weighted by Gasteiger charge is -2.19. The largest absolute Gasteiger partial charge is 0.274 e. The fraction of sp³-hybridized carbons (Fsp3) is 0.389. The molecule has 1 aromatic heterocycles. The minimum absolute atomic E-state index is 0.113. The summed E-state index contributed by atoms with van der Waals surface area (Å²) in [6.45, 7) is 0.474. The van der Waals surface area contributed by atoms with Crippen molar-refractivity contribution < 1.29 is 9.59 Å². The van der Waals surface area contributed by atoms with E-state index in [1.54, 1.807) is 10.9 Å². The molecule has 2 aliphatic rings. The van der Waals surface area contributed by atoms with Gasteiger partial charge in [0.2, 0.25) is 11.8 Å². The first kappa shape index (κ1) is 16.8. The zero-order chi connectivity index (χ0) is 17.6. The first-order valence-electron chi connectivity index (χ1n) is 8.40. The molecule has 25 heavy (non-hydrogen) atoms. The maximum Gasteiger partial charge on any atom is 0.238 e. The van der Waals surface area contributed by atoms with Gasteiger partial charge in [0.1, 0.15) is 0 Å². The van der Waals surface area contributed by atoms with E-state index in [4.69, 9.17) is 11.6 Å². The van der Waals surface area contributed by atoms with Crippen molar-refractivity contribution in [3.8, 4) is 0 Å². The van der Waals surface area contributed by atoms with Gasteiger partial charge in [-0.3, -0.25) is 14.3 Å². The van der Waals surface area contributed by atoms with Crippen LogP contribution < -0.4 is 4.90 Å². The van der Waals surface area contributed by atoms with Crippen LogP contribution in [0.2, 0.25) is 5.02 Å². The quantitative estimate of drug-likeness (QED) is 0.702. The number of aromatic nitrogens is 2. The number of carbonyl (C=O) groups is 2. The third-order valence-corrected chi connectivity index (χ3v) is 5.97. The topological polar surface area (TPSA) is 55.2 Å². The van der Waals surface area contributed by atoms with Crippen LogP contribution in [0.3, 0.4) is 0 Å². The Morgan fingerprint density at radius 3 is 2.40 bits per heavy atom. The average Bonchev–Trinajstić information content (AvgIpc) is 3.08. The van der Waals surface area contributed by atoms with Gasteiger partial charge in [-0.1, -0.05) is 42.6 Å². The maximum absolute atomic E-state index is 12.7. The van der Waals surface area contributed by atoms with Gasteiger partial charge in [-0.15, -0.1) is 0 Å². The Morgan fingerprint density at radius 1 is 1.12 bits per heavy atom. The molecule has 1 aromatic carbocycles. The van der Waals surface area contributed by atoms with Crippen molar-refractivity contribution in [2.75, 3.05) is 4.90 Å². The SMILES string of the molecule is O=C1[C@H]2CCCC[C@H]2C(=O)N1c1nn(Cc2ccccc2Cl)cc1Br. The Kier molecular flexibility index (Phi) is 4.41. The van der Waals surface area contributed by atoms with Crippen molar-refractivity contribution in [2.45, 2.75) is 32.2 Å². The standard InChI is InChI=1S/C18H17BrClN3O2/c19-14-10-22(9-11-5-1-4-8-15(11)20)21-16(14)23-17(24)12-6-2-3-7-13(12)18(23)25/h1,4-5,8,10,12-13H,2-3,6-7,9H2/t12-,13+. The number of amides is 2. The molecule has 1 saturated heterocycles. The summed E-state index contributed by atoms with van der Waals surface area (Å²) in [5, 5.41) is 5.14. The van der Waals surface area contributed by atoms with Gasteiger partial charge < -0.3 is 0 Å². The maximum atomic E-state index is 12.7. The highest BCUT2D eigenvalue weighted by Gasteiger charge is 2.50. The zero-order valence-corrected chi connectivity index (χ0v) is 15.8. The van der Waals surface area contributed by atoms with Crippen LogP contribution in [-0.2, 0) is 16.1 Å². The Labute approximate surface area is 159 Å². The van der Waals surface area contributed by atoms with Crippen molar-refractivity contribution in [3.63, 3.8) is 0 Å². The number of fused-ring (bicyclic) bond motifs is 1. The monoisotopic (exact) mass is 421 g/mol. The second-order valence-corrected chi connectivity index (χ2v) is 7.86. The molecule has 2 heterocycles. The first-order chi connectivity index (χ1) is 12.1. The van der Waals surface area contributed by atoms with Gasteiger partial charge in [0.25, 0.3) is 0 Å². The third-order valence-electron chi connectivity index (χ3n) is 5.04. The summed E-state index contributed by atoms with van der Waals surface area (Å²) in [7, 11) is 0. The lowest BCUT2D eigenvalue weighted by atomic mass is 9.81. The molecule has 2 amide bonds. The fourth-order valence-corrected chi connectivity index (χ4v) is 4.48.